The van der Waals surface area contributed by atoms with Crippen molar-refractivity contribution in [3.05, 3.63) is 74.6 Å². The number of fused-ring (bicyclic) bond motifs is 1. The van der Waals surface area contributed by atoms with Crippen molar-refractivity contribution < 1.29 is 4.79 Å². The molecule has 1 N–H and O–H groups in total. The van der Waals surface area contributed by atoms with Crippen molar-refractivity contribution in [2.24, 2.45) is 12.1 Å². The van der Waals surface area contributed by atoms with Crippen molar-refractivity contribution >= 4 is 38.8 Å². The first-order chi connectivity index (χ1) is 11.6. The van der Waals surface area contributed by atoms with Gasteiger partial charge in [-0.05, 0) is 23.8 Å². The van der Waals surface area contributed by atoms with Crippen LogP contribution < -0.4 is 11.0 Å². The second-order valence-electron chi connectivity index (χ2n) is 5.08. The number of hydrazone groups is 1. The van der Waals surface area contributed by atoms with Crippen molar-refractivity contribution in [3.63, 3.8) is 0 Å². The molecule has 2 aromatic carbocycles. The average molecular weight is 385 g/mol. The number of nitrogens with one attached hydrogen (secondary N) is 1. The minimum absolute atomic E-state index is 0.152. The maximum atomic E-state index is 12.4. The van der Waals surface area contributed by atoms with Crippen LogP contribution in [-0.4, -0.2) is 21.9 Å². The van der Waals surface area contributed by atoms with Crippen LogP contribution in [0, 0.1) is 0 Å². The van der Waals surface area contributed by atoms with E-state index in [-0.39, 0.29) is 11.3 Å². The summed E-state index contributed by atoms with van der Waals surface area (Å²) >= 11 is 3.37. The van der Waals surface area contributed by atoms with Crippen molar-refractivity contribution in [2.75, 3.05) is 0 Å². The molecule has 0 aliphatic carbocycles. The summed E-state index contributed by atoms with van der Waals surface area (Å²) in [6.07, 6.45) is 1.53. The maximum absolute atomic E-state index is 12.4. The molecule has 24 heavy (non-hydrogen) atoms. The molecule has 0 atom stereocenters. The van der Waals surface area contributed by atoms with Gasteiger partial charge in [-0.3, -0.25) is 9.59 Å². The average Bonchev–Trinajstić information content (AvgIpc) is 2.58. The Balaban J connectivity index is 1.89. The summed E-state index contributed by atoms with van der Waals surface area (Å²) in [5.74, 6) is -0.479. The van der Waals surface area contributed by atoms with E-state index in [0.717, 1.165) is 14.7 Å². The van der Waals surface area contributed by atoms with Crippen molar-refractivity contribution in [1.29, 1.82) is 0 Å². The lowest BCUT2D eigenvalue weighted by atomic mass is 10.1. The number of amides is 1. The van der Waals surface area contributed by atoms with Crippen LogP contribution in [0.15, 0.2) is 62.9 Å². The number of carbonyl (C=O) groups excluding carboxylic acids is 1. The molecule has 0 bridgehead atoms. The van der Waals surface area contributed by atoms with Crippen molar-refractivity contribution in [1.82, 2.24) is 15.2 Å². The van der Waals surface area contributed by atoms with E-state index < -0.39 is 5.91 Å². The summed E-state index contributed by atoms with van der Waals surface area (Å²) in [4.78, 5) is 24.4. The van der Waals surface area contributed by atoms with Gasteiger partial charge in [0.25, 0.3) is 11.5 Å². The van der Waals surface area contributed by atoms with E-state index in [1.165, 1.54) is 13.3 Å². The predicted molar refractivity (Wildman–Crippen MR) is 96.2 cm³/mol. The number of nitrogens with zero attached hydrogens (tertiary/aromatic N) is 3. The summed E-state index contributed by atoms with van der Waals surface area (Å²) < 4.78 is 2.07. The van der Waals surface area contributed by atoms with Gasteiger partial charge in [0.15, 0.2) is 5.69 Å². The monoisotopic (exact) mass is 384 g/mol. The van der Waals surface area contributed by atoms with Gasteiger partial charge >= 0.3 is 0 Å². The van der Waals surface area contributed by atoms with Gasteiger partial charge in [0.05, 0.1) is 11.6 Å². The molecule has 120 valence electrons. The number of hydrogen-bond acceptors (Lipinski definition) is 4. The molecule has 6 nitrogen and oxygen atoms in total. The highest BCUT2D eigenvalue weighted by Gasteiger charge is 2.14. The van der Waals surface area contributed by atoms with Gasteiger partial charge in [-0.25, -0.2) is 10.1 Å². The van der Waals surface area contributed by atoms with E-state index >= 15 is 0 Å². The lowest BCUT2D eigenvalue weighted by Crippen LogP contribution is -2.27. The SMILES string of the molecule is Cn1nc(C(=O)N/N=C\c2cccc(Br)c2)c2ccccc2c1=O. The van der Waals surface area contributed by atoms with E-state index in [9.17, 15) is 9.59 Å². The third-order valence-electron chi connectivity index (χ3n) is 3.40. The Morgan fingerprint density at radius 1 is 1.21 bits per heavy atom. The van der Waals surface area contributed by atoms with Gasteiger partial charge in [0.2, 0.25) is 0 Å². The molecule has 0 fully saturated rings. The zero-order chi connectivity index (χ0) is 17.1. The molecule has 0 aliphatic rings. The van der Waals surface area contributed by atoms with Crippen LogP contribution in [0.25, 0.3) is 10.8 Å². The van der Waals surface area contributed by atoms with Crippen LogP contribution in [0.5, 0.6) is 0 Å². The summed E-state index contributed by atoms with van der Waals surface area (Å²) in [6, 6.07) is 14.4. The minimum Gasteiger partial charge on any atom is -0.267 e. The second kappa shape index (κ2) is 6.76. The number of aryl methyl sites for hydroxylation is 1. The lowest BCUT2D eigenvalue weighted by molar-refractivity contribution is 0.0950. The number of hydrogen-bond donors (Lipinski definition) is 1. The Morgan fingerprint density at radius 3 is 2.71 bits per heavy atom. The van der Waals surface area contributed by atoms with Crippen LogP contribution in [0.3, 0.4) is 0 Å². The molecule has 3 rings (SSSR count). The van der Waals surface area contributed by atoms with E-state index in [4.69, 9.17) is 0 Å². The van der Waals surface area contributed by atoms with Gasteiger partial charge < -0.3 is 0 Å². The standard InChI is InChI=1S/C17H13BrN4O2/c1-22-17(24)14-8-3-2-7-13(14)15(21-22)16(23)20-19-10-11-5-4-6-12(18)9-11/h2-10H,1H3,(H,20,23)/b19-10-. The van der Waals surface area contributed by atoms with Crippen LogP contribution in [0.1, 0.15) is 16.1 Å². The molecule has 0 saturated heterocycles. The van der Waals surface area contributed by atoms with Crippen molar-refractivity contribution in [2.45, 2.75) is 0 Å². The Morgan fingerprint density at radius 2 is 1.96 bits per heavy atom. The molecule has 1 amide bonds. The number of benzene rings is 2. The normalized spacial score (nSPS) is 11.1. The van der Waals surface area contributed by atoms with Crippen LogP contribution >= 0.6 is 15.9 Å². The third-order valence-corrected chi connectivity index (χ3v) is 3.89. The first-order valence-electron chi connectivity index (χ1n) is 7.11. The molecule has 0 saturated carbocycles. The van der Waals surface area contributed by atoms with E-state index in [2.05, 4.69) is 31.6 Å². The zero-order valence-electron chi connectivity index (χ0n) is 12.7. The molecule has 0 unspecified atom stereocenters. The molecule has 0 radical (unpaired) electrons. The Bertz CT molecular complexity index is 1010. The topological polar surface area (TPSA) is 76.3 Å². The van der Waals surface area contributed by atoms with Gasteiger partial charge in [0, 0.05) is 16.9 Å². The van der Waals surface area contributed by atoms with E-state index in [1.807, 2.05) is 24.3 Å². The summed E-state index contributed by atoms with van der Waals surface area (Å²) in [5, 5.41) is 8.93. The first kappa shape index (κ1) is 16.1. The number of halogens is 1. The smallest absolute Gasteiger partial charge is 0.267 e. The lowest BCUT2D eigenvalue weighted by Gasteiger charge is -2.06. The maximum Gasteiger partial charge on any atom is 0.292 e. The highest BCUT2D eigenvalue weighted by molar-refractivity contribution is 9.10. The van der Waals surface area contributed by atoms with Gasteiger partial charge in [0.1, 0.15) is 0 Å². The zero-order valence-corrected chi connectivity index (χ0v) is 14.3. The third kappa shape index (κ3) is 3.26. The van der Waals surface area contributed by atoms with Crippen molar-refractivity contribution in [3.8, 4) is 0 Å². The fraction of sp³-hybridized carbons (Fsp3) is 0.0588. The Labute approximate surface area is 145 Å². The number of carbonyl (C=O) groups is 1. The molecular weight excluding hydrogens is 372 g/mol. The highest BCUT2D eigenvalue weighted by Crippen LogP contribution is 2.13. The van der Waals surface area contributed by atoms with E-state index in [0.29, 0.717) is 10.8 Å². The largest absolute Gasteiger partial charge is 0.292 e. The van der Waals surface area contributed by atoms with Gasteiger partial charge in [-0.15, -0.1) is 0 Å². The fourth-order valence-electron chi connectivity index (χ4n) is 2.27. The predicted octanol–water partition coefficient (Wildman–Crippen LogP) is 2.46. The molecule has 0 spiro atoms. The van der Waals surface area contributed by atoms with Crippen LogP contribution in [-0.2, 0) is 7.05 Å². The van der Waals surface area contributed by atoms with Crippen LogP contribution in [0.4, 0.5) is 0 Å². The molecule has 3 aromatic rings. The summed E-state index contributed by atoms with van der Waals surface area (Å²) in [5.41, 5.74) is 3.18. The fourth-order valence-corrected chi connectivity index (χ4v) is 2.69. The first-order valence-corrected chi connectivity index (χ1v) is 7.90. The van der Waals surface area contributed by atoms with Crippen LogP contribution in [0.2, 0.25) is 0 Å². The quantitative estimate of drug-likeness (QED) is 0.556. The second-order valence-corrected chi connectivity index (χ2v) is 5.99. The molecule has 1 heterocycles. The molecule has 0 aliphatic heterocycles. The van der Waals surface area contributed by atoms with Gasteiger partial charge in [-0.2, -0.15) is 10.2 Å². The number of rotatable bonds is 3. The molecule has 7 heteroatoms. The van der Waals surface area contributed by atoms with Gasteiger partial charge in [-0.1, -0.05) is 46.3 Å². The minimum atomic E-state index is -0.479. The number of aromatic nitrogens is 2. The summed E-state index contributed by atoms with van der Waals surface area (Å²) in [6.45, 7) is 0. The van der Waals surface area contributed by atoms with E-state index in [1.54, 1.807) is 24.3 Å². The molecular formula is C17H13BrN4O2. The molecule has 1 aromatic heterocycles. The summed E-state index contributed by atoms with van der Waals surface area (Å²) in [7, 11) is 1.51. The highest BCUT2D eigenvalue weighted by atomic mass is 79.9. The Hall–Kier alpha value is -2.80. The Kier molecular flexibility index (Phi) is 4.52.